The zero-order valence-electron chi connectivity index (χ0n) is 6.55. The van der Waals surface area contributed by atoms with E-state index in [0.29, 0.717) is 0 Å². The minimum Gasteiger partial charge on any atom is -0.134 e. The average Bonchev–Trinajstić information content (AvgIpc) is 2.61. The van der Waals surface area contributed by atoms with Crippen LogP contribution in [0.3, 0.4) is 0 Å². The Kier molecular flexibility index (Phi) is 2.86. The monoisotopic (exact) mass is 315 g/mol. The second kappa shape index (κ2) is 3.95. The smallest absolute Gasteiger partial charge is 0.0449 e. The molecule has 65 valence electrons. The maximum atomic E-state index is 3.52. The van der Waals surface area contributed by atoms with Crippen LogP contribution in [0.25, 0.3) is 10.4 Å². The molecule has 0 amide bonds. The highest BCUT2D eigenvalue weighted by atomic mass is 79.9. The summed E-state index contributed by atoms with van der Waals surface area (Å²) in [6, 6.07) is 10.2. The quantitative estimate of drug-likeness (QED) is 0.713. The minimum atomic E-state index is 1.10. The van der Waals surface area contributed by atoms with Crippen molar-refractivity contribution in [1.82, 2.24) is 0 Å². The molecule has 0 atom stereocenters. The summed E-state index contributed by atoms with van der Waals surface area (Å²) in [5.74, 6) is 0. The van der Waals surface area contributed by atoms with Crippen molar-refractivity contribution < 1.29 is 0 Å². The van der Waals surface area contributed by atoms with Crippen LogP contribution >= 0.6 is 43.2 Å². The molecule has 0 aliphatic carbocycles. The predicted octanol–water partition coefficient (Wildman–Crippen LogP) is 4.74. The van der Waals surface area contributed by atoms with Gasteiger partial charge in [-0.15, -0.1) is 11.3 Å². The van der Waals surface area contributed by atoms with E-state index < -0.39 is 0 Å². The van der Waals surface area contributed by atoms with Gasteiger partial charge in [0.05, 0.1) is 0 Å². The first-order chi connectivity index (χ1) is 6.27. The van der Waals surface area contributed by atoms with Crippen LogP contribution in [0.1, 0.15) is 0 Å². The van der Waals surface area contributed by atoms with E-state index in [1.165, 1.54) is 10.4 Å². The summed E-state index contributed by atoms with van der Waals surface area (Å²) in [6.07, 6.45) is 0. The molecule has 13 heavy (non-hydrogen) atoms. The van der Waals surface area contributed by atoms with Crippen LogP contribution in [0.15, 0.2) is 39.3 Å². The number of hydrogen-bond acceptors (Lipinski definition) is 1. The molecule has 0 unspecified atom stereocenters. The normalized spacial score (nSPS) is 10.3. The summed E-state index contributed by atoms with van der Waals surface area (Å²) < 4.78 is 2.21. The fourth-order valence-electron chi connectivity index (χ4n) is 1.07. The number of benzene rings is 1. The summed E-state index contributed by atoms with van der Waals surface area (Å²) >= 11 is 8.60. The molecular weight excluding hydrogens is 312 g/mol. The topological polar surface area (TPSA) is 0 Å². The van der Waals surface area contributed by atoms with Crippen LogP contribution < -0.4 is 0 Å². The van der Waals surface area contributed by atoms with E-state index in [0.717, 1.165) is 8.95 Å². The van der Waals surface area contributed by atoms with Gasteiger partial charge in [-0.05, 0) is 30.3 Å². The van der Waals surface area contributed by atoms with Gasteiger partial charge < -0.3 is 0 Å². The van der Waals surface area contributed by atoms with Gasteiger partial charge in [-0.1, -0.05) is 31.9 Å². The van der Waals surface area contributed by atoms with Gasteiger partial charge in [-0.3, -0.25) is 0 Å². The first-order valence-corrected chi connectivity index (χ1v) is 6.09. The molecule has 1 radical (unpaired) electrons. The number of thiophene rings is 1. The molecule has 0 nitrogen and oxygen atoms in total. The van der Waals surface area contributed by atoms with Crippen LogP contribution in [0.5, 0.6) is 0 Å². The van der Waals surface area contributed by atoms with Gasteiger partial charge in [-0.25, -0.2) is 0 Å². The molecule has 0 N–H and O–H groups in total. The Hall–Kier alpha value is -0.120. The number of halogens is 2. The summed E-state index contributed by atoms with van der Waals surface area (Å²) in [7, 11) is 0. The summed E-state index contributed by atoms with van der Waals surface area (Å²) in [6.45, 7) is 0. The first kappa shape index (κ1) is 9.44. The number of hydrogen-bond donors (Lipinski definition) is 0. The average molecular weight is 317 g/mol. The Labute approximate surface area is 97.9 Å². The molecule has 0 aliphatic rings. The van der Waals surface area contributed by atoms with Gasteiger partial charge in [0.15, 0.2) is 0 Å². The molecule has 2 rings (SSSR count). The van der Waals surface area contributed by atoms with Gasteiger partial charge >= 0.3 is 0 Å². The van der Waals surface area contributed by atoms with Crippen molar-refractivity contribution in [2.45, 2.75) is 0 Å². The molecule has 1 heterocycles. The summed E-state index contributed by atoms with van der Waals surface area (Å²) in [4.78, 5) is 1.23. The van der Waals surface area contributed by atoms with E-state index in [4.69, 9.17) is 0 Å². The SMILES string of the molecule is Brc1ccc(Br)c(-c2cc[c]s2)c1. The zero-order chi connectivity index (χ0) is 9.26. The lowest BCUT2D eigenvalue weighted by Crippen LogP contribution is -1.75. The van der Waals surface area contributed by atoms with E-state index in [2.05, 4.69) is 49.4 Å². The first-order valence-electron chi connectivity index (χ1n) is 3.68. The van der Waals surface area contributed by atoms with E-state index in [-0.39, 0.29) is 0 Å². The van der Waals surface area contributed by atoms with E-state index >= 15 is 0 Å². The fourth-order valence-corrected chi connectivity index (χ4v) is 2.70. The maximum Gasteiger partial charge on any atom is 0.0449 e. The van der Waals surface area contributed by atoms with Crippen molar-refractivity contribution in [3.63, 3.8) is 0 Å². The molecule has 0 bridgehead atoms. The third-order valence-electron chi connectivity index (χ3n) is 1.67. The van der Waals surface area contributed by atoms with Crippen molar-refractivity contribution in [2.24, 2.45) is 0 Å². The molecule has 0 saturated heterocycles. The molecule has 3 heteroatoms. The van der Waals surface area contributed by atoms with Gasteiger partial charge in [0.25, 0.3) is 0 Å². The Bertz CT molecular complexity index is 407. The predicted molar refractivity (Wildman–Crippen MR) is 64.0 cm³/mol. The maximum absolute atomic E-state index is 3.52. The largest absolute Gasteiger partial charge is 0.134 e. The highest BCUT2D eigenvalue weighted by Crippen LogP contribution is 2.33. The molecule has 0 aliphatic heterocycles. The van der Waals surface area contributed by atoms with Crippen molar-refractivity contribution in [2.75, 3.05) is 0 Å². The lowest BCUT2D eigenvalue weighted by Gasteiger charge is -2.01. The third-order valence-corrected chi connectivity index (χ3v) is 3.68. The highest BCUT2D eigenvalue weighted by molar-refractivity contribution is 9.11. The van der Waals surface area contributed by atoms with Crippen LogP contribution in [-0.4, -0.2) is 0 Å². The van der Waals surface area contributed by atoms with Gasteiger partial charge in [0.1, 0.15) is 0 Å². The van der Waals surface area contributed by atoms with Gasteiger partial charge in [0.2, 0.25) is 0 Å². The summed E-state index contributed by atoms with van der Waals surface area (Å²) in [5, 5.41) is 3.08. The molecular formula is C10H5Br2S. The summed E-state index contributed by atoms with van der Waals surface area (Å²) in [5.41, 5.74) is 1.21. The van der Waals surface area contributed by atoms with Crippen LogP contribution in [0.4, 0.5) is 0 Å². The molecule has 0 spiro atoms. The zero-order valence-corrected chi connectivity index (χ0v) is 10.5. The highest BCUT2D eigenvalue weighted by Gasteiger charge is 2.03. The third kappa shape index (κ3) is 2.03. The van der Waals surface area contributed by atoms with Gasteiger partial charge in [-0.2, -0.15) is 0 Å². The van der Waals surface area contributed by atoms with Crippen molar-refractivity contribution in [3.05, 3.63) is 44.7 Å². The van der Waals surface area contributed by atoms with Crippen molar-refractivity contribution in [1.29, 1.82) is 0 Å². The van der Waals surface area contributed by atoms with Crippen LogP contribution in [-0.2, 0) is 0 Å². The standard InChI is InChI=1S/C10H5Br2S/c11-7-3-4-9(12)8(6-7)10-2-1-5-13-10/h1-4,6H. The lowest BCUT2D eigenvalue weighted by molar-refractivity contribution is 1.60. The van der Waals surface area contributed by atoms with Gasteiger partial charge in [0, 0.05) is 24.8 Å². The van der Waals surface area contributed by atoms with E-state index in [1.807, 2.05) is 18.2 Å². The second-order valence-electron chi connectivity index (χ2n) is 2.54. The fraction of sp³-hybridized carbons (Fsp3) is 0. The van der Waals surface area contributed by atoms with Crippen LogP contribution in [0.2, 0.25) is 0 Å². The lowest BCUT2D eigenvalue weighted by atomic mass is 10.2. The Morgan fingerprint density at radius 2 is 2.00 bits per heavy atom. The molecule has 1 aromatic heterocycles. The second-order valence-corrected chi connectivity index (χ2v) is 5.19. The molecule has 2 aromatic rings. The van der Waals surface area contributed by atoms with Crippen molar-refractivity contribution in [3.8, 4) is 10.4 Å². The van der Waals surface area contributed by atoms with E-state index in [9.17, 15) is 0 Å². The number of rotatable bonds is 1. The molecule has 1 aromatic carbocycles. The molecule has 0 saturated carbocycles. The van der Waals surface area contributed by atoms with Crippen molar-refractivity contribution >= 4 is 43.2 Å². The Morgan fingerprint density at radius 3 is 2.69 bits per heavy atom. The Balaban J connectivity index is 2.57. The Morgan fingerprint density at radius 1 is 1.15 bits per heavy atom. The van der Waals surface area contributed by atoms with E-state index in [1.54, 1.807) is 11.3 Å². The molecule has 0 fully saturated rings. The van der Waals surface area contributed by atoms with Crippen LogP contribution in [0, 0.1) is 5.38 Å². The minimum absolute atomic E-state index is 1.10.